The lowest BCUT2D eigenvalue weighted by molar-refractivity contribution is 0.0984. The molecule has 9 aromatic rings. The Balaban J connectivity index is 0.000000127. The van der Waals surface area contributed by atoms with Crippen molar-refractivity contribution in [2.45, 2.75) is 19.3 Å². The van der Waals surface area contributed by atoms with Crippen molar-refractivity contribution in [3.63, 3.8) is 0 Å². The molecule has 4 aromatic heterocycles. The minimum absolute atomic E-state index is 0.00474. The molecule has 270 valence electrons. The number of ketones is 3. The number of aromatic nitrogens is 4. The maximum atomic E-state index is 12.8. The van der Waals surface area contributed by atoms with E-state index in [2.05, 4.69) is 26.0 Å². The van der Waals surface area contributed by atoms with Gasteiger partial charge in [0.1, 0.15) is 5.82 Å². The number of fused-ring (bicyclic) bond motifs is 3. The number of carbonyl (C=O) groups excluding carboxylic acids is 3. The van der Waals surface area contributed by atoms with Crippen LogP contribution in [0.4, 0.5) is 4.39 Å². The highest BCUT2D eigenvalue weighted by Crippen LogP contribution is 2.18. The number of benzene rings is 5. The normalized spacial score (nSPS) is 10.7. The van der Waals surface area contributed by atoms with Gasteiger partial charge in [-0.05, 0) is 94.7 Å². The first-order chi connectivity index (χ1) is 26.9. The van der Waals surface area contributed by atoms with Gasteiger partial charge in [-0.25, -0.2) is 4.39 Å². The van der Waals surface area contributed by atoms with Crippen molar-refractivity contribution < 1.29 is 18.8 Å². The average molecular weight is 725 g/mol. The van der Waals surface area contributed by atoms with Crippen molar-refractivity contribution in [1.82, 2.24) is 19.9 Å². The molecule has 4 heterocycles. The zero-order valence-corrected chi connectivity index (χ0v) is 29.8. The number of hydrogen-bond donors (Lipinski definition) is 3. The molecule has 0 fully saturated rings. The summed E-state index contributed by atoms with van der Waals surface area (Å²) in [5.41, 5.74) is 8.00. The van der Waals surface area contributed by atoms with Crippen LogP contribution in [-0.4, -0.2) is 37.3 Å². The maximum absolute atomic E-state index is 12.8. The van der Waals surface area contributed by atoms with E-state index >= 15 is 0 Å². The highest BCUT2D eigenvalue weighted by Gasteiger charge is 2.10. The second-order valence-electron chi connectivity index (χ2n) is 13.1. The van der Waals surface area contributed by atoms with Crippen LogP contribution in [0.5, 0.6) is 0 Å². The number of nitrogens with one attached hydrogen (secondary N) is 3. The van der Waals surface area contributed by atoms with Crippen molar-refractivity contribution in [3.05, 3.63) is 210 Å². The van der Waals surface area contributed by atoms with Crippen LogP contribution in [0, 0.1) is 5.82 Å². The van der Waals surface area contributed by atoms with Crippen molar-refractivity contribution in [2.24, 2.45) is 0 Å². The summed E-state index contributed by atoms with van der Waals surface area (Å²) >= 11 is 0. The van der Waals surface area contributed by atoms with Gasteiger partial charge in [-0.2, -0.15) is 0 Å². The first kappa shape index (κ1) is 36.2. The lowest BCUT2D eigenvalue weighted by Crippen LogP contribution is -2.04. The summed E-state index contributed by atoms with van der Waals surface area (Å²) in [4.78, 5) is 49.8. The summed E-state index contributed by atoms with van der Waals surface area (Å²) in [6.07, 6.45) is 8.53. The fourth-order valence-electron chi connectivity index (χ4n) is 6.24. The number of nitrogens with zero attached hydrogens (tertiary/aromatic N) is 1. The molecule has 0 saturated carbocycles. The predicted molar refractivity (Wildman–Crippen MR) is 216 cm³/mol. The standard InChI is InChI=1S/C16H12FNO.C16H13NO.C15H12N2O/c17-14-4-2-12(3-5-14)16(19)10-11-1-6-15-13(9-11)7-8-18-15;18-16(13-4-2-1-3-5-13)11-12-6-7-15-14(10-12)8-9-17-15;18-15(11-4-2-1-3-5-11)9-13-8-12-6-7-16-14(12)10-17-13/h1-9,18H,10H2;1-10,17H,11H2;1-8,10,16H,9H2. The van der Waals surface area contributed by atoms with E-state index in [0.717, 1.165) is 60.7 Å². The molecule has 0 aliphatic rings. The van der Waals surface area contributed by atoms with Crippen molar-refractivity contribution >= 4 is 50.1 Å². The van der Waals surface area contributed by atoms with Crippen LogP contribution in [0.1, 0.15) is 47.9 Å². The number of carbonyl (C=O) groups is 3. The molecule has 9 rings (SSSR count). The zero-order valence-electron chi connectivity index (χ0n) is 29.8. The average Bonchev–Trinajstić information content (AvgIpc) is 4.00. The lowest BCUT2D eigenvalue weighted by atomic mass is 10.0. The van der Waals surface area contributed by atoms with Crippen LogP contribution < -0.4 is 0 Å². The van der Waals surface area contributed by atoms with Crippen LogP contribution in [-0.2, 0) is 19.3 Å². The molecular weight excluding hydrogens is 688 g/mol. The Bertz CT molecular complexity index is 2570. The van der Waals surface area contributed by atoms with E-state index in [9.17, 15) is 18.8 Å². The Morgan fingerprint density at radius 1 is 0.455 bits per heavy atom. The number of aromatic amines is 3. The third-order valence-electron chi connectivity index (χ3n) is 9.16. The molecule has 0 bridgehead atoms. The molecule has 0 aliphatic carbocycles. The molecule has 0 atom stereocenters. The van der Waals surface area contributed by atoms with Gasteiger partial charge in [0.25, 0.3) is 0 Å². The maximum Gasteiger partial charge on any atom is 0.168 e. The molecule has 8 heteroatoms. The lowest BCUT2D eigenvalue weighted by Gasteiger charge is -2.02. The SMILES string of the molecule is O=C(Cc1cc2cc[nH]c2cn1)c1ccccc1.O=C(Cc1ccc2[nH]ccc2c1)c1ccc(F)cc1.O=C(Cc1ccc2[nH]ccc2c1)c1ccccc1. The molecule has 0 unspecified atom stereocenters. The number of hydrogen-bond acceptors (Lipinski definition) is 4. The largest absolute Gasteiger partial charge is 0.361 e. The third-order valence-corrected chi connectivity index (χ3v) is 9.16. The van der Waals surface area contributed by atoms with Crippen molar-refractivity contribution in [2.75, 3.05) is 0 Å². The molecule has 0 spiro atoms. The Morgan fingerprint density at radius 3 is 1.40 bits per heavy atom. The summed E-state index contributed by atoms with van der Waals surface area (Å²) in [7, 11) is 0. The van der Waals surface area contributed by atoms with Gasteiger partial charge < -0.3 is 15.0 Å². The third kappa shape index (κ3) is 9.43. The van der Waals surface area contributed by atoms with Crippen LogP contribution in [0.25, 0.3) is 32.7 Å². The van der Waals surface area contributed by atoms with Gasteiger partial charge in [-0.15, -0.1) is 0 Å². The highest BCUT2D eigenvalue weighted by atomic mass is 19.1. The van der Waals surface area contributed by atoms with Crippen molar-refractivity contribution in [1.29, 1.82) is 0 Å². The summed E-state index contributed by atoms with van der Waals surface area (Å²) < 4.78 is 12.8. The minimum atomic E-state index is -0.328. The molecule has 0 aliphatic heterocycles. The topological polar surface area (TPSA) is 111 Å². The molecule has 7 nitrogen and oxygen atoms in total. The molecule has 5 aromatic carbocycles. The van der Waals surface area contributed by atoms with Gasteiger partial charge in [0.15, 0.2) is 17.3 Å². The van der Waals surface area contributed by atoms with E-state index in [1.165, 1.54) is 24.3 Å². The Morgan fingerprint density at radius 2 is 0.891 bits per heavy atom. The minimum Gasteiger partial charge on any atom is -0.361 e. The first-order valence-corrected chi connectivity index (χ1v) is 17.9. The van der Waals surface area contributed by atoms with Gasteiger partial charge in [0, 0.05) is 70.2 Å². The second kappa shape index (κ2) is 17.1. The van der Waals surface area contributed by atoms with Crippen LogP contribution in [0.2, 0.25) is 0 Å². The summed E-state index contributed by atoms with van der Waals surface area (Å²) in [6, 6.07) is 44.3. The smallest absolute Gasteiger partial charge is 0.168 e. The van der Waals surface area contributed by atoms with Gasteiger partial charge >= 0.3 is 0 Å². The second-order valence-corrected chi connectivity index (χ2v) is 13.1. The fraction of sp³-hybridized carbons (Fsp3) is 0.0638. The van der Waals surface area contributed by atoms with E-state index in [1.54, 1.807) is 6.20 Å². The number of Topliss-reactive ketones (excluding diaryl/α,β-unsaturated/α-hetero) is 3. The number of rotatable bonds is 9. The molecule has 0 radical (unpaired) electrons. The fourth-order valence-corrected chi connectivity index (χ4v) is 6.24. The van der Waals surface area contributed by atoms with E-state index in [0.29, 0.717) is 24.8 Å². The summed E-state index contributed by atoms with van der Waals surface area (Å²) in [6.45, 7) is 0. The van der Waals surface area contributed by atoms with E-state index < -0.39 is 0 Å². The van der Waals surface area contributed by atoms with E-state index in [-0.39, 0.29) is 23.2 Å². The van der Waals surface area contributed by atoms with E-state index in [1.807, 2.05) is 134 Å². The Hall–Kier alpha value is -7.19. The Kier molecular flexibility index (Phi) is 11.2. The zero-order chi connectivity index (χ0) is 38.0. The molecular formula is C47H37FN4O3. The van der Waals surface area contributed by atoms with Gasteiger partial charge in [0.2, 0.25) is 0 Å². The number of halogens is 1. The van der Waals surface area contributed by atoms with Crippen LogP contribution in [0.15, 0.2) is 170 Å². The molecule has 3 N–H and O–H groups in total. The van der Waals surface area contributed by atoms with Crippen molar-refractivity contribution in [3.8, 4) is 0 Å². The van der Waals surface area contributed by atoms with E-state index in [4.69, 9.17) is 0 Å². The summed E-state index contributed by atoms with van der Waals surface area (Å²) in [5, 5.41) is 3.32. The van der Waals surface area contributed by atoms with Gasteiger partial charge in [-0.1, -0.05) is 72.8 Å². The van der Waals surface area contributed by atoms with Gasteiger partial charge in [-0.3, -0.25) is 19.4 Å². The molecule has 55 heavy (non-hydrogen) atoms. The first-order valence-electron chi connectivity index (χ1n) is 17.9. The van der Waals surface area contributed by atoms with Crippen LogP contribution >= 0.6 is 0 Å². The predicted octanol–water partition coefficient (Wildman–Crippen LogP) is 10.3. The summed E-state index contributed by atoms with van der Waals surface area (Å²) in [5.74, 6) is -0.0800. The quantitative estimate of drug-likeness (QED) is 0.129. The number of H-pyrrole nitrogens is 3. The van der Waals surface area contributed by atoms with Crippen LogP contribution in [0.3, 0.4) is 0 Å². The van der Waals surface area contributed by atoms with Gasteiger partial charge in [0.05, 0.1) is 18.1 Å². The molecule has 0 saturated heterocycles. The highest BCUT2D eigenvalue weighted by molar-refractivity contribution is 5.99. The molecule has 0 amide bonds. The Labute approximate surface area is 316 Å². The monoisotopic (exact) mass is 724 g/mol. The number of pyridine rings is 1.